The Morgan fingerprint density at radius 3 is 3.22 bits per heavy atom. The van der Waals surface area contributed by atoms with Gasteiger partial charge in [0, 0.05) is 17.6 Å². The Bertz CT molecular complexity index is 583. The molecule has 0 saturated heterocycles. The number of anilines is 1. The number of ether oxygens (including phenoxy) is 1. The lowest BCUT2D eigenvalue weighted by Crippen LogP contribution is -2.31. The Morgan fingerprint density at radius 1 is 1.56 bits per heavy atom. The van der Waals surface area contributed by atoms with Crippen LogP contribution in [-0.4, -0.2) is 22.2 Å². The van der Waals surface area contributed by atoms with Crippen LogP contribution in [0.15, 0.2) is 30.6 Å². The zero-order valence-electron chi connectivity index (χ0n) is 9.31. The average Bonchev–Trinajstić information content (AvgIpc) is 2.96. The number of nitrogens with one attached hydrogen (secondary N) is 2. The minimum Gasteiger partial charge on any atom is -0.480 e. The van der Waals surface area contributed by atoms with E-state index in [9.17, 15) is 4.79 Å². The van der Waals surface area contributed by atoms with Crippen molar-refractivity contribution in [3.63, 3.8) is 0 Å². The topological polar surface area (TPSA) is 67.0 Å². The Kier molecular flexibility index (Phi) is 2.68. The van der Waals surface area contributed by atoms with Crippen LogP contribution in [0.4, 0.5) is 5.69 Å². The van der Waals surface area contributed by atoms with Crippen LogP contribution in [0, 0.1) is 0 Å². The molecular formula is C12H10ClN3O2. The zero-order valence-corrected chi connectivity index (χ0v) is 10.1. The minimum atomic E-state index is -0.520. The number of fused-ring (bicyclic) bond motifs is 1. The first-order valence-electron chi connectivity index (χ1n) is 5.47. The summed E-state index contributed by atoms with van der Waals surface area (Å²) in [6.07, 6.45) is 3.15. The van der Waals surface area contributed by atoms with Crippen LogP contribution in [0.5, 0.6) is 5.75 Å². The largest absolute Gasteiger partial charge is 0.480 e. The maximum atomic E-state index is 12.0. The maximum absolute atomic E-state index is 12.0. The number of rotatable bonds is 2. The van der Waals surface area contributed by atoms with Crippen LogP contribution < -0.4 is 10.1 Å². The van der Waals surface area contributed by atoms with Crippen molar-refractivity contribution in [3.8, 4) is 5.75 Å². The summed E-state index contributed by atoms with van der Waals surface area (Å²) in [5.74, 6) is 0.524. The van der Waals surface area contributed by atoms with Crippen molar-refractivity contribution in [2.24, 2.45) is 0 Å². The van der Waals surface area contributed by atoms with Crippen molar-refractivity contribution < 1.29 is 9.53 Å². The molecule has 1 amide bonds. The molecule has 0 radical (unpaired) electrons. The Labute approximate surface area is 108 Å². The van der Waals surface area contributed by atoms with Gasteiger partial charge in [-0.1, -0.05) is 11.6 Å². The molecule has 2 N–H and O–H groups in total. The lowest BCUT2D eigenvalue weighted by atomic mass is 10.1. The summed E-state index contributed by atoms with van der Waals surface area (Å²) < 4.78 is 5.57. The first kappa shape index (κ1) is 11.1. The highest BCUT2D eigenvalue weighted by Gasteiger charge is 2.29. The minimum absolute atomic E-state index is 0.191. The highest BCUT2D eigenvalue weighted by atomic mass is 35.5. The number of aromatic nitrogens is 2. The van der Waals surface area contributed by atoms with Crippen molar-refractivity contribution in [2.45, 2.75) is 12.5 Å². The third-order valence-corrected chi connectivity index (χ3v) is 2.99. The zero-order chi connectivity index (χ0) is 12.5. The van der Waals surface area contributed by atoms with Crippen molar-refractivity contribution in [1.29, 1.82) is 0 Å². The number of halogens is 1. The smallest absolute Gasteiger partial charge is 0.265 e. The predicted molar refractivity (Wildman–Crippen MR) is 66.8 cm³/mol. The molecule has 92 valence electrons. The fourth-order valence-electron chi connectivity index (χ4n) is 1.91. The third kappa shape index (κ3) is 2.04. The molecule has 18 heavy (non-hydrogen) atoms. The van der Waals surface area contributed by atoms with Gasteiger partial charge in [0.15, 0.2) is 6.10 Å². The molecule has 1 unspecified atom stereocenters. The number of aromatic amines is 1. The van der Waals surface area contributed by atoms with Gasteiger partial charge in [-0.2, -0.15) is 5.10 Å². The Balaban J connectivity index is 1.72. The second kappa shape index (κ2) is 4.34. The molecule has 3 rings (SSSR count). The van der Waals surface area contributed by atoms with E-state index in [0.29, 0.717) is 22.9 Å². The van der Waals surface area contributed by atoms with Gasteiger partial charge in [-0.05, 0) is 23.8 Å². The number of carbonyl (C=O) groups is 1. The van der Waals surface area contributed by atoms with Crippen LogP contribution in [0.3, 0.4) is 0 Å². The summed E-state index contributed by atoms with van der Waals surface area (Å²) in [4.78, 5) is 12.0. The second-order valence-corrected chi connectivity index (χ2v) is 4.48. The highest BCUT2D eigenvalue weighted by molar-refractivity contribution is 6.30. The van der Waals surface area contributed by atoms with Crippen LogP contribution in [0.2, 0.25) is 5.02 Å². The van der Waals surface area contributed by atoms with E-state index >= 15 is 0 Å². The number of nitrogens with zero attached hydrogens (tertiary/aromatic N) is 1. The monoisotopic (exact) mass is 263 g/mol. The van der Waals surface area contributed by atoms with Crippen LogP contribution >= 0.6 is 11.6 Å². The fourth-order valence-corrected chi connectivity index (χ4v) is 2.10. The predicted octanol–water partition coefficient (Wildman–Crippen LogP) is 2.01. The van der Waals surface area contributed by atoms with E-state index in [2.05, 4.69) is 15.5 Å². The number of amides is 1. The van der Waals surface area contributed by atoms with Gasteiger partial charge in [-0.25, -0.2) is 0 Å². The number of H-pyrrole nitrogens is 1. The van der Waals surface area contributed by atoms with E-state index in [4.69, 9.17) is 16.3 Å². The van der Waals surface area contributed by atoms with E-state index in [-0.39, 0.29) is 5.91 Å². The molecule has 2 aromatic rings. The van der Waals surface area contributed by atoms with Gasteiger partial charge in [0.1, 0.15) is 5.75 Å². The standard InChI is InChI=1S/C12H10ClN3O2/c13-8-1-2-10-7(3-8)4-11(18-10)12(17)16-9-5-14-15-6-9/h1-3,5-6,11H,4H2,(H,14,15)(H,16,17). The maximum Gasteiger partial charge on any atom is 0.265 e. The number of hydrogen-bond donors (Lipinski definition) is 2. The van der Waals surface area contributed by atoms with E-state index in [0.717, 1.165) is 5.56 Å². The summed E-state index contributed by atoms with van der Waals surface area (Å²) >= 11 is 5.90. The summed E-state index contributed by atoms with van der Waals surface area (Å²) in [5.41, 5.74) is 1.58. The van der Waals surface area contributed by atoms with E-state index in [1.54, 1.807) is 18.3 Å². The Hall–Kier alpha value is -2.01. The summed E-state index contributed by atoms with van der Waals surface area (Å²) in [6, 6.07) is 5.35. The number of benzene rings is 1. The highest BCUT2D eigenvalue weighted by Crippen LogP contribution is 2.31. The van der Waals surface area contributed by atoms with Gasteiger partial charge in [-0.3, -0.25) is 9.89 Å². The fraction of sp³-hybridized carbons (Fsp3) is 0.167. The molecule has 2 heterocycles. The summed E-state index contributed by atoms with van der Waals surface area (Å²) in [6.45, 7) is 0. The van der Waals surface area contributed by atoms with Gasteiger partial charge in [-0.15, -0.1) is 0 Å². The molecule has 5 nitrogen and oxygen atoms in total. The lowest BCUT2D eigenvalue weighted by molar-refractivity contribution is -0.122. The SMILES string of the molecule is O=C(Nc1cn[nH]c1)C1Cc2cc(Cl)ccc2O1. The molecule has 1 aromatic heterocycles. The van der Waals surface area contributed by atoms with E-state index in [1.165, 1.54) is 6.20 Å². The first-order chi connectivity index (χ1) is 8.72. The molecule has 1 atom stereocenters. The van der Waals surface area contributed by atoms with Crippen molar-refractivity contribution in [3.05, 3.63) is 41.2 Å². The number of carbonyl (C=O) groups excluding carboxylic acids is 1. The van der Waals surface area contributed by atoms with E-state index in [1.807, 2.05) is 6.07 Å². The normalized spacial score (nSPS) is 17.1. The van der Waals surface area contributed by atoms with Crippen LogP contribution in [-0.2, 0) is 11.2 Å². The van der Waals surface area contributed by atoms with Crippen molar-refractivity contribution >= 4 is 23.2 Å². The second-order valence-electron chi connectivity index (χ2n) is 4.04. The van der Waals surface area contributed by atoms with Crippen LogP contribution in [0.1, 0.15) is 5.56 Å². The quantitative estimate of drug-likeness (QED) is 0.871. The lowest BCUT2D eigenvalue weighted by Gasteiger charge is -2.09. The van der Waals surface area contributed by atoms with Gasteiger partial charge >= 0.3 is 0 Å². The number of hydrogen-bond acceptors (Lipinski definition) is 3. The molecule has 0 aliphatic carbocycles. The summed E-state index contributed by atoms with van der Waals surface area (Å²) in [7, 11) is 0. The molecular weight excluding hydrogens is 254 g/mol. The third-order valence-electron chi connectivity index (χ3n) is 2.76. The molecule has 1 aromatic carbocycles. The van der Waals surface area contributed by atoms with Gasteiger partial charge < -0.3 is 10.1 Å². The van der Waals surface area contributed by atoms with Gasteiger partial charge in [0.05, 0.1) is 11.9 Å². The average molecular weight is 264 g/mol. The molecule has 0 spiro atoms. The molecule has 6 heteroatoms. The molecule has 1 aliphatic rings. The molecule has 0 bridgehead atoms. The van der Waals surface area contributed by atoms with Crippen molar-refractivity contribution in [1.82, 2.24) is 10.2 Å². The Morgan fingerprint density at radius 2 is 2.44 bits per heavy atom. The molecule has 1 aliphatic heterocycles. The van der Waals surface area contributed by atoms with Crippen molar-refractivity contribution in [2.75, 3.05) is 5.32 Å². The molecule has 0 fully saturated rings. The first-order valence-corrected chi connectivity index (χ1v) is 5.85. The van der Waals surface area contributed by atoms with Crippen LogP contribution in [0.25, 0.3) is 0 Å². The van der Waals surface area contributed by atoms with E-state index < -0.39 is 6.10 Å². The van der Waals surface area contributed by atoms with Gasteiger partial charge in [0.25, 0.3) is 5.91 Å². The molecule has 0 saturated carbocycles. The van der Waals surface area contributed by atoms with Gasteiger partial charge in [0.2, 0.25) is 0 Å². The summed E-state index contributed by atoms with van der Waals surface area (Å²) in [5, 5.41) is 9.75.